The fourth-order valence-electron chi connectivity index (χ4n) is 2.59. The van der Waals surface area contributed by atoms with Crippen LogP contribution in [0.1, 0.15) is 46.5 Å². The molecule has 5 heteroatoms. The molecule has 0 heterocycles. The summed E-state index contributed by atoms with van der Waals surface area (Å²) in [4.78, 5) is 25.1. The van der Waals surface area contributed by atoms with Crippen LogP contribution in [-0.4, -0.2) is 40.1 Å². The number of nitrogens with zero attached hydrogens (tertiary/aromatic N) is 1. The molecule has 5 nitrogen and oxygen atoms in total. The average Bonchev–Trinajstić information content (AvgIpc) is 2.34. The van der Waals surface area contributed by atoms with Crippen LogP contribution in [0.25, 0.3) is 0 Å². The molecule has 1 aliphatic rings. The molecule has 0 spiro atoms. The van der Waals surface area contributed by atoms with Crippen molar-refractivity contribution in [2.45, 2.75) is 58.0 Å². The number of carbonyl (C=O) groups is 2. The van der Waals surface area contributed by atoms with Gasteiger partial charge in [-0.25, -0.2) is 4.79 Å². The maximum Gasteiger partial charge on any atom is 0.318 e. The molecule has 20 heavy (non-hydrogen) atoms. The molecule has 0 radical (unpaired) electrons. The van der Waals surface area contributed by atoms with Crippen LogP contribution in [0.5, 0.6) is 0 Å². The van der Waals surface area contributed by atoms with Crippen molar-refractivity contribution >= 4 is 12.0 Å². The third-order valence-electron chi connectivity index (χ3n) is 3.72. The Kier molecular flexibility index (Phi) is 5.60. The molecule has 2 atom stereocenters. The summed E-state index contributed by atoms with van der Waals surface area (Å²) in [6.07, 6.45) is 4.62. The van der Waals surface area contributed by atoms with E-state index in [9.17, 15) is 9.59 Å². The quantitative estimate of drug-likeness (QED) is 0.779. The molecule has 1 saturated carbocycles. The maximum atomic E-state index is 12.3. The highest BCUT2D eigenvalue weighted by atomic mass is 16.4. The first-order chi connectivity index (χ1) is 9.25. The van der Waals surface area contributed by atoms with Crippen molar-refractivity contribution in [2.24, 2.45) is 5.92 Å². The normalized spacial score (nSPS) is 22.9. The number of urea groups is 1. The van der Waals surface area contributed by atoms with Gasteiger partial charge in [0.2, 0.25) is 0 Å². The topological polar surface area (TPSA) is 69.6 Å². The van der Waals surface area contributed by atoms with Crippen molar-refractivity contribution in [1.29, 1.82) is 0 Å². The van der Waals surface area contributed by atoms with Gasteiger partial charge in [0.1, 0.15) is 0 Å². The lowest BCUT2D eigenvalue weighted by Crippen LogP contribution is -2.53. The van der Waals surface area contributed by atoms with E-state index in [1.165, 1.54) is 0 Å². The molecule has 1 fully saturated rings. The lowest BCUT2D eigenvalue weighted by molar-refractivity contribution is -0.143. The number of rotatable bonds is 4. The van der Waals surface area contributed by atoms with Crippen molar-refractivity contribution in [3.63, 3.8) is 0 Å². The molecule has 2 amide bonds. The Labute approximate surface area is 121 Å². The number of amides is 2. The van der Waals surface area contributed by atoms with Gasteiger partial charge in [0.05, 0.1) is 5.92 Å². The van der Waals surface area contributed by atoms with E-state index in [0.29, 0.717) is 19.4 Å². The number of hydrogen-bond acceptors (Lipinski definition) is 2. The first kappa shape index (κ1) is 16.5. The van der Waals surface area contributed by atoms with Crippen LogP contribution < -0.4 is 5.32 Å². The van der Waals surface area contributed by atoms with E-state index in [1.807, 2.05) is 20.8 Å². The van der Waals surface area contributed by atoms with E-state index in [1.54, 1.807) is 11.0 Å². The minimum absolute atomic E-state index is 0.0491. The van der Waals surface area contributed by atoms with Gasteiger partial charge in [-0.3, -0.25) is 4.79 Å². The number of aliphatic carboxylic acids is 1. The van der Waals surface area contributed by atoms with Crippen LogP contribution in [0.3, 0.4) is 0 Å². The Bertz CT molecular complexity index is 374. The van der Waals surface area contributed by atoms with Crippen LogP contribution in [-0.2, 0) is 4.79 Å². The van der Waals surface area contributed by atoms with Gasteiger partial charge in [-0.2, -0.15) is 0 Å². The Balaban J connectivity index is 2.63. The van der Waals surface area contributed by atoms with Gasteiger partial charge >= 0.3 is 12.0 Å². The van der Waals surface area contributed by atoms with Gasteiger partial charge in [-0.05, 0) is 40.0 Å². The zero-order valence-electron chi connectivity index (χ0n) is 12.7. The first-order valence-electron chi connectivity index (χ1n) is 7.17. The Hall–Kier alpha value is -1.52. The van der Waals surface area contributed by atoms with E-state index in [2.05, 4.69) is 11.9 Å². The molecule has 0 aliphatic heterocycles. The lowest BCUT2D eigenvalue weighted by Gasteiger charge is -2.37. The van der Waals surface area contributed by atoms with E-state index in [4.69, 9.17) is 5.11 Å². The molecule has 1 rings (SSSR count). The monoisotopic (exact) mass is 282 g/mol. The number of hydrogen-bond donors (Lipinski definition) is 2. The Morgan fingerprint density at radius 1 is 1.40 bits per heavy atom. The minimum atomic E-state index is -0.761. The summed E-state index contributed by atoms with van der Waals surface area (Å²) in [6, 6.07) is -0.194. The molecule has 0 bridgehead atoms. The fraction of sp³-hybridized carbons (Fsp3) is 0.733. The summed E-state index contributed by atoms with van der Waals surface area (Å²) in [5, 5.41) is 12.0. The highest BCUT2D eigenvalue weighted by Crippen LogP contribution is 2.25. The van der Waals surface area contributed by atoms with Crippen LogP contribution in [0.4, 0.5) is 4.79 Å². The molecule has 0 saturated heterocycles. The average molecular weight is 282 g/mol. The second kappa shape index (κ2) is 6.77. The highest BCUT2D eigenvalue weighted by Gasteiger charge is 2.31. The SMILES string of the molecule is C=CCN(C(=O)NC1CCCC(C(=O)O)C1)C(C)(C)C. The predicted octanol–water partition coefficient (Wildman–Crippen LogP) is 2.63. The number of carbonyl (C=O) groups excluding carboxylic acids is 1. The van der Waals surface area contributed by atoms with Crippen LogP contribution >= 0.6 is 0 Å². The zero-order chi connectivity index (χ0) is 15.3. The number of carboxylic acid groups (broad SMARTS) is 1. The fourth-order valence-corrected chi connectivity index (χ4v) is 2.59. The van der Waals surface area contributed by atoms with Crippen LogP contribution in [0.2, 0.25) is 0 Å². The lowest BCUT2D eigenvalue weighted by atomic mass is 9.86. The standard InChI is InChI=1S/C15H26N2O3/c1-5-9-17(15(2,3)4)14(20)16-12-8-6-7-11(10-12)13(18)19/h5,11-12H,1,6-10H2,2-4H3,(H,16,20)(H,18,19). The van der Waals surface area contributed by atoms with Gasteiger partial charge in [0, 0.05) is 18.1 Å². The molecule has 0 aromatic carbocycles. The van der Waals surface area contributed by atoms with Crippen LogP contribution in [0, 0.1) is 5.92 Å². The summed E-state index contributed by atoms with van der Waals surface area (Å²) >= 11 is 0. The molecule has 2 N–H and O–H groups in total. The second-order valence-electron chi connectivity index (χ2n) is 6.42. The summed E-state index contributed by atoms with van der Waals surface area (Å²) < 4.78 is 0. The predicted molar refractivity (Wildman–Crippen MR) is 78.6 cm³/mol. The van der Waals surface area contributed by atoms with E-state index < -0.39 is 5.97 Å². The van der Waals surface area contributed by atoms with Crippen molar-refractivity contribution < 1.29 is 14.7 Å². The molecule has 2 unspecified atom stereocenters. The minimum Gasteiger partial charge on any atom is -0.481 e. The summed E-state index contributed by atoms with van der Waals surface area (Å²) in [6.45, 7) is 10.1. The Morgan fingerprint density at radius 2 is 2.05 bits per heavy atom. The zero-order valence-corrected chi connectivity index (χ0v) is 12.7. The number of nitrogens with one attached hydrogen (secondary N) is 1. The number of carboxylic acids is 1. The largest absolute Gasteiger partial charge is 0.481 e. The highest BCUT2D eigenvalue weighted by molar-refractivity contribution is 5.76. The van der Waals surface area contributed by atoms with E-state index in [0.717, 1.165) is 12.8 Å². The molecular formula is C15H26N2O3. The maximum absolute atomic E-state index is 12.3. The van der Waals surface area contributed by atoms with Crippen molar-refractivity contribution in [2.75, 3.05) is 6.54 Å². The Morgan fingerprint density at radius 3 is 2.55 bits per heavy atom. The summed E-state index contributed by atoms with van der Waals surface area (Å²) in [5.41, 5.74) is -0.293. The van der Waals surface area contributed by atoms with Gasteiger partial charge in [-0.1, -0.05) is 12.5 Å². The van der Waals surface area contributed by atoms with Crippen molar-refractivity contribution in [3.05, 3.63) is 12.7 Å². The van der Waals surface area contributed by atoms with Crippen molar-refractivity contribution in [3.8, 4) is 0 Å². The van der Waals surface area contributed by atoms with Crippen LogP contribution in [0.15, 0.2) is 12.7 Å². The first-order valence-corrected chi connectivity index (χ1v) is 7.17. The molecule has 0 aromatic heterocycles. The third-order valence-corrected chi connectivity index (χ3v) is 3.72. The molecule has 114 valence electrons. The van der Waals surface area contributed by atoms with Gasteiger partial charge in [0.15, 0.2) is 0 Å². The van der Waals surface area contributed by atoms with Gasteiger partial charge < -0.3 is 15.3 Å². The van der Waals surface area contributed by atoms with E-state index in [-0.39, 0.29) is 23.5 Å². The van der Waals surface area contributed by atoms with Gasteiger partial charge in [0.25, 0.3) is 0 Å². The van der Waals surface area contributed by atoms with Gasteiger partial charge in [-0.15, -0.1) is 6.58 Å². The molecule has 0 aromatic rings. The van der Waals surface area contributed by atoms with Crippen molar-refractivity contribution in [1.82, 2.24) is 10.2 Å². The third kappa shape index (κ3) is 4.54. The summed E-state index contributed by atoms with van der Waals surface area (Å²) in [5.74, 6) is -1.10. The second-order valence-corrected chi connectivity index (χ2v) is 6.42. The molecule has 1 aliphatic carbocycles. The molecular weight excluding hydrogens is 256 g/mol. The smallest absolute Gasteiger partial charge is 0.318 e. The summed E-state index contributed by atoms with van der Waals surface area (Å²) in [7, 11) is 0. The van der Waals surface area contributed by atoms with E-state index >= 15 is 0 Å².